The first-order chi connectivity index (χ1) is 7.19. The average molecular weight is 215 g/mol. The minimum absolute atomic E-state index is 0.256. The summed E-state index contributed by atoms with van der Waals surface area (Å²) in [6, 6.07) is 1.11. The zero-order chi connectivity index (χ0) is 11.3. The van der Waals surface area contributed by atoms with Crippen molar-refractivity contribution in [2.75, 3.05) is 20.3 Å². The molecule has 1 saturated carbocycles. The molecule has 1 fully saturated rings. The van der Waals surface area contributed by atoms with Crippen molar-refractivity contribution in [3.63, 3.8) is 0 Å². The van der Waals surface area contributed by atoms with Gasteiger partial charge < -0.3 is 9.84 Å². The minimum Gasteiger partial charge on any atom is -0.395 e. The molecule has 0 saturated heterocycles. The van der Waals surface area contributed by atoms with Crippen molar-refractivity contribution in [3.05, 3.63) is 0 Å². The van der Waals surface area contributed by atoms with Crippen molar-refractivity contribution in [3.8, 4) is 0 Å². The van der Waals surface area contributed by atoms with Crippen LogP contribution in [0.5, 0.6) is 0 Å². The summed E-state index contributed by atoms with van der Waals surface area (Å²) in [5.74, 6) is 0. The molecule has 0 bridgehead atoms. The molecule has 0 heterocycles. The van der Waals surface area contributed by atoms with E-state index < -0.39 is 0 Å². The van der Waals surface area contributed by atoms with Crippen LogP contribution in [0.3, 0.4) is 0 Å². The number of aliphatic hydroxyl groups is 1. The molecule has 3 heteroatoms. The highest BCUT2D eigenvalue weighted by Crippen LogP contribution is 2.25. The van der Waals surface area contributed by atoms with Crippen molar-refractivity contribution >= 4 is 0 Å². The van der Waals surface area contributed by atoms with E-state index in [1.807, 2.05) is 0 Å². The Hall–Kier alpha value is -0.120. The van der Waals surface area contributed by atoms with E-state index in [4.69, 9.17) is 9.84 Å². The van der Waals surface area contributed by atoms with Crippen molar-refractivity contribution in [1.29, 1.82) is 0 Å². The van der Waals surface area contributed by atoms with E-state index in [2.05, 4.69) is 18.7 Å². The SMILES string of the molecule is COC1CCCC(N(CCO)C(C)C)C1. The molecule has 0 aromatic rings. The lowest BCUT2D eigenvalue weighted by Gasteiger charge is -2.39. The van der Waals surface area contributed by atoms with Crippen molar-refractivity contribution in [1.82, 2.24) is 4.90 Å². The predicted molar refractivity (Wildman–Crippen MR) is 62.0 cm³/mol. The van der Waals surface area contributed by atoms with E-state index in [0.29, 0.717) is 18.2 Å². The van der Waals surface area contributed by atoms with Crippen LogP contribution in [0.25, 0.3) is 0 Å². The summed E-state index contributed by atoms with van der Waals surface area (Å²) in [5, 5.41) is 9.07. The molecule has 0 aliphatic heterocycles. The average Bonchev–Trinajstić information content (AvgIpc) is 2.25. The van der Waals surface area contributed by atoms with Crippen molar-refractivity contribution < 1.29 is 9.84 Å². The quantitative estimate of drug-likeness (QED) is 0.757. The van der Waals surface area contributed by atoms with Gasteiger partial charge in [-0.25, -0.2) is 0 Å². The zero-order valence-electron chi connectivity index (χ0n) is 10.3. The molecule has 0 amide bonds. The standard InChI is InChI=1S/C12H25NO2/c1-10(2)13(7-8-14)11-5-4-6-12(9-11)15-3/h10-12,14H,4-9H2,1-3H3. The van der Waals surface area contributed by atoms with Crippen LogP contribution in [-0.4, -0.2) is 48.5 Å². The number of methoxy groups -OCH3 is 1. The molecule has 1 N–H and O–H groups in total. The molecule has 0 spiro atoms. The van der Waals surface area contributed by atoms with Crippen molar-refractivity contribution in [2.24, 2.45) is 0 Å². The molecule has 2 atom stereocenters. The maximum atomic E-state index is 9.07. The van der Waals surface area contributed by atoms with Gasteiger partial charge in [-0.3, -0.25) is 4.90 Å². The van der Waals surface area contributed by atoms with E-state index in [9.17, 15) is 0 Å². The smallest absolute Gasteiger partial charge is 0.0586 e. The van der Waals surface area contributed by atoms with Gasteiger partial charge in [0.1, 0.15) is 0 Å². The maximum absolute atomic E-state index is 9.07. The van der Waals surface area contributed by atoms with Crippen molar-refractivity contribution in [2.45, 2.75) is 57.7 Å². The summed E-state index contributed by atoms with van der Waals surface area (Å²) >= 11 is 0. The van der Waals surface area contributed by atoms with Crippen LogP contribution in [0.15, 0.2) is 0 Å². The number of rotatable bonds is 5. The van der Waals surface area contributed by atoms with E-state index in [-0.39, 0.29) is 6.61 Å². The number of aliphatic hydroxyl groups excluding tert-OH is 1. The Morgan fingerprint density at radius 1 is 1.40 bits per heavy atom. The molecule has 0 aromatic heterocycles. The summed E-state index contributed by atoms with van der Waals surface area (Å²) in [6.45, 7) is 5.45. The van der Waals surface area contributed by atoms with E-state index in [1.54, 1.807) is 7.11 Å². The molecule has 2 unspecified atom stereocenters. The Morgan fingerprint density at radius 2 is 2.13 bits per heavy atom. The van der Waals surface area contributed by atoms with Crippen LogP contribution in [0.2, 0.25) is 0 Å². The topological polar surface area (TPSA) is 32.7 Å². The van der Waals surface area contributed by atoms with Crippen LogP contribution in [0.4, 0.5) is 0 Å². The van der Waals surface area contributed by atoms with Gasteiger partial charge in [-0.1, -0.05) is 0 Å². The molecular weight excluding hydrogens is 190 g/mol. The lowest BCUT2D eigenvalue weighted by atomic mass is 9.91. The Balaban J connectivity index is 2.50. The van der Waals surface area contributed by atoms with Gasteiger partial charge in [0.15, 0.2) is 0 Å². The molecule has 0 radical (unpaired) electrons. The third-order valence-electron chi connectivity index (χ3n) is 3.42. The minimum atomic E-state index is 0.256. The molecule has 90 valence electrons. The van der Waals surface area contributed by atoms with Gasteiger partial charge in [0.2, 0.25) is 0 Å². The number of nitrogens with zero attached hydrogens (tertiary/aromatic N) is 1. The molecule has 15 heavy (non-hydrogen) atoms. The number of hydrogen-bond donors (Lipinski definition) is 1. The fourth-order valence-corrected chi connectivity index (χ4v) is 2.61. The van der Waals surface area contributed by atoms with Gasteiger partial charge in [-0.2, -0.15) is 0 Å². The van der Waals surface area contributed by atoms with E-state index in [0.717, 1.165) is 13.0 Å². The Labute approximate surface area is 93.4 Å². The van der Waals surface area contributed by atoms with Crippen LogP contribution < -0.4 is 0 Å². The molecule has 0 aromatic carbocycles. The summed E-state index contributed by atoms with van der Waals surface area (Å²) in [7, 11) is 1.80. The number of ether oxygens (including phenoxy) is 1. The zero-order valence-corrected chi connectivity index (χ0v) is 10.3. The van der Waals surface area contributed by atoms with E-state index >= 15 is 0 Å². The third-order valence-corrected chi connectivity index (χ3v) is 3.42. The number of hydrogen-bond acceptors (Lipinski definition) is 3. The summed E-state index contributed by atoms with van der Waals surface area (Å²) in [5.41, 5.74) is 0. The largest absolute Gasteiger partial charge is 0.395 e. The van der Waals surface area contributed by atoms with Gasteiger partial charge in [0, 0.05) is 25.7 Å². The highest BCUT2D eigenvalue weighted by molar-refractivity contribution is 4.82. The lowest BCUT2D eigenvalue weighted by Crippen LogP contribution is -2.45. The van der Waals surface area contributed by atoms with Crippen LogP contribution in [0.1, 0.15) is 39.5 Å². The highest BCUT2D eigenvalue weighted by atomic mass is 16.5. The molecule has 1 aliphatic rings. The third kappa shape index (κ3) is 3.74. The monoisotopic (exact) mass is 215 g/mol. The fourth-order valence-electron chi connectivity index (χ4n) is 2.61. The first-order valence-electron chi connectivity index (χ1n) is 6.08. The maximum Gasteiger partial charge on any atom is 0.0586 e. The van der Waals surface area contributed by atoms with Gasteiger partial charge in [0.25, 0.3) is 0 Å². The van der Waals surface area contributed by atoms with E-state index in [1.165, 1.54) is 19.3 Å². The molecular formula is C12H25NO2. The second kappa shape index (κ2) is 6.46. The van der Waals surface area contributed by atoms with Crippen LogP contribution in [0, 0.1) is 0 Å². The first-order valence-corrected chi connectivity index (χ1v) is 6.08. The molecule has 3 nitrogen and oxygen atoms in total. The summed E-state index contributed by atoms with van der Waals surface area (Å²) in [6.07, 6.45) is 5.23. The van der Waals surface area contributed by atoms with Crippen LogP contribution in [-0.2, 0) is 4.74 Å². The lowest BCUT2D eigenvalue weighted by molar-refractivity contribution is 0.0134. The normalized spacial score (nSPS) is 27.6. The van der Waals surface area contributed by atoms with Crippen LogP contribution >= 0.6 is 0 Å². The second-order valence-electron chi connectivity index (χ2n) is 4.73. The fraction of sp³-hybridized carbons (Fsp3) is 1.00. The Morgan fingerprint density at radius 3 is 2.67 bits per heavy atom. The predicted octanol–water partition coefficient (Wildman–Crippen LogP) is 1.65. The van der Waals surface area contributed by atoms with Gasteiger partial charge in [-0.15, -0.1) is 0 Å². The first kappa shape index (κ1) is 12.9. The molecule has 1 aliphatic carbocycles. The summed E-state index contributed by atoms with van der Waals surface area (Å²) < 4.78 is 5.44. The highest BCUT2D eigenvalue weighted by Gasteiger charge is 2.27. The molecule has 1 rings (SSSR count). The second-order valence-corrected chi connectivity index (χ2v) is 4.73. The van der Waals surface area contributed by atoms with Gasteiger partial charge in [-0.05, 0) is 39.5 Å². The Kier molecular flexibility index (Phi) is 5.58. The van der Waals surface area contributed by atoms with Gasteiger partial charge >= 0.3 is 0 Å². The summed E-state index contributed by atoms with van der Waals surface area (Å²) in [4.78, 5) is 2.41. The van der Waals surface area contributed by atoms with Gasteiger partial charge in [0.05, 0.1) is 12.7 Å². The Bertz CT molecular complexity index is 173.